The molecule has 0 aromatic heterocycles. The molecule has 2 heteroatoms. The minimum atomic E-state index is 0.235. The first-order chi connectivity index (χ1) is 5.26. The van der Waals surface area contributed by atoms with E-state index >= 15 is 0 Å². The fourth-order valence-electron chi connectivity index (χ4n) is 1.47. The van der Waals surface area contributed by atoms with Crippen LogP contribution in [0.15, 0.2) is 12.7 Å². The number of rotatable bonds is 2. The third-order valence-corrected chi connectivity index (χ3v) is 2.07. The van der Waals surface area contributed by atoms with Crippen LogP contribution < -0.4 is 0 Å². The van der Waals surface area contributed by atoms with Gasteiger partial charge in [0.2, 0.25) is 0 Å². The first kappa shape index (κ1) is 8.75. The first-order valence-electron chi connectivity index (χ1n) is 4.26. The molecule has 1 rings (SSSR count). The summed E-state index contributed by atoms with van der Waals surface area (Å²) in [6.45, 7) is 11.2. The number of likely N-dealkylation sites (N-methyl/N-ethyl adjacent to an activating group) is 1. The quantitative estimate of drug-likeness (QED) is 0.557. The third kappa shape index (κ3) is 2.31. The summed E-state index contributed by atoms with van der Waals surface area (Å²) < 4.78 is 5.61. The summed E-state index contributed by atoms with van der Waals surface area (Å²) in [5, 5.41) is 0. The van der Waals surface area contributed by atoms with Gasteiger partial charge in [-0.15, -0.1) is 6.58 Å². The molecule has 64 valence electrons. The molecule has 0 aliphatic carbocycles. The summed E-state index contributed by atoms with van der Waals surface area (Å²) in [4.78, 5) is 2.39. The topological polar surface area (TPSA) is 12.5 Å². The summed E-state index contributed by atoms with van der Waals surface area (Å²) in [6, 6.07) is 0. The fraction of sp³-hybridized carbons (Fsp3) is 0.778. The highest BCUT2D eigenvalue weighted by atomic mass is 16.5. The Bertz CT molecular complexity index is 136. The highest BCUT2D eigenvalue weighted by Crippen LogP contribution is 2.10. The van der Waals surface area contributed by atoms with E-state index in [2.05, 4.69) is 25.3 Å². The van der Waals surface area contributed by atoms with Gasteiger partial charge in [-0.1, -0.05) is 13.0 Å². The Morgan fingerprint density at radius 3 is 2.91 bits per heavy atom. The molecule has 1 aliphatic rings. The average Bonchev–Trinajstić information content (AvgIpc) is 2.03. The Balaban J connectivity index is 2.43. The molecule has 1 aliphatic heterocycles. The van der Waals surface area contributed by atoms with Gasteiger partial charge in [-0.3, -0.25) is 4.90 Å². The SMILES string of the molecule is C=C[C@@H]1CN(CC)C[C@@H](C)O1. The maximum Gasteiger partial charge on any atom is 0.0884 e. The summed E-state index contributed by atoms with van der Waals surface area (Å²) in [5.74, 6) is 0. The van der Waals surface area contributed by atoms with Crippen LogP contribution in [0, 0.1) is 0 Å². The van der Waals surface area contributed by atoms with Gasteiger partial charge in [0.1, 0.15) is 0 Å². The van der Waals surface area contributed by atoms with Gasteiger partial charge >= 0.3 is 0 Å². The Morgan fingerprint density at radius 1 is 1.64 bits per heavy atom. The molecular weight excluding hydrogens is 138 g/mol. The second kappa shape index (κ2) is 3.88. The van der Waals surface area contributed by atoms with Crippen molar-refractivity contribution in [1.82, 2.24) is 4.90 Å². The van der Waals surface area contributed by atoms with Crippen LogP contribution in [0.5, 0.6) is 0 Å². The Morgan fingerprint density at radius 2 is 2.36 bits per heavy atom. The zero-order chi connectivity index (χ0) is 8.27. The molecule has 0 spiro atoms. The highest BCUT2D eigenvalue weighted by Gasteiger charge is 2.21. The van der Waals surface area contributed by atoms with Crippen LogP contribution in [0.1, 0.15) is 13.8 Å². The smallest absolute Gasteiger partial charge is 0.0884 e. The molecule has 0 aromatic carbocycles. The fourth-order valence-corrected chi connectivity index (χ4v) is 1.47. The largest absolute Gasteiger partial charge is 0.369 e. The van der Waals surface area contributed by atoms with E-state index < -0.39 is 0 Å². The van der Waals surface area contributed by atoms with E-state index in [1.165, 1.54) is 0 Å². The third-order valence-electron chi connectivity index (χ3n) is 2.07. The number of morpholine rings is 1. The van der Waals surface area contributed by atoms with Crippen molar-refractivity contribution in [1.29, 1.82) is 0 Å². The molecule has 11 heavy (non-hydrogen) atoms. The molecule has 0 N–H and O–H groups in total. The number of ether oxygens (including phenoxy) is 1. The minimum Gasteiger partial charge on any atom is -0.369 e. The molecule has 2 nitrogen and oxygen atoms in total. The van der Waals surface area contributed by atoms with Crippen LogP contribution in [0.25, 0.3) is 0 Å². The lowest BCUT2D eigenvalue weighted by atomic mass is 10.2. The van der Waals surface area contributed by atoms with Gasteiger partial charge in [-0.05, 0) is 13.5 Å². The standard InChI is InChI=1S/C9H17NO/c1-4-9-7-10(5-2)6-8(3)11-9/h4,8-9H,1,5-7H2,2-3H3/t8-,9-/m1/s1. The van der Waals surface area contributed by atoms with Gasteiger partial charge in [-0.2, -0.15) is 0 Å². The number of nitrogens with zero attached hydrogens (tertiary/aromatic N) is 1. The van der Waals surface area contributed by atoms with E-state index in [0.717, 1.165) is 19.6 Å². The van der Waals surface area contributed by atoms with Crippen LogP contribution in [-0.2, 0) is 4.74 Å². The predicted molar refractivity (Wildman–Crippen MR) is 46.6 cm³/mol. The Kier molecular flexibility index (Phi) is 3.09. The van der Waals surface area contributed by atoms with E-state index in [4.69, 9.17) is 4.74 Å². The van der Waals surface area contributed by atoms with E-state index in [-0.39, 0.29) is 6.10 Å². The van der Waals surface area contributed by atoms with Gasteiger partial charge in [-0.25, -0.2) is 0 Å². The maximum absolute atomic E-state index is 5.61. The zero-order valence-corrected chi connectivity index (χ0v) is 7.42. The van der Waals surface area contributed by atoms with Crippen LogP contribution in [-0.4, -0.2) is 36.7 Å². The molecule has 0 amide bonds. The lowest BCUT2D eigenvalue weighted by Crippen LogP contribution is -2.45. The molecule has 1 heterocycles. The molecule has 0 bridgehead atoms. The zero-order valence-electron chi connectivity index (χ0n) is 7.42. The average molecular weight is 155 g/mol. The van der Waals surface area contributed by atoms with Crippen molar-refractivity contribution in [3.8, 4) is 0 Å². The van der Waals surface area contributed by atoms with E-state index in [1.54, 1.807) is 0 Å². The monoisotopic (exact) mass is 155 g/mol. The summed E-state index contributed by atoms with van der Waals surface area (Å²) in [7, 11) is 0. The lowest BCUT2D eigenvalue weighted by Gasteiger charge is -2.34. The van der Waals surface area contributed by atoms with Crippen LogP contribution >= 0.6 is 0 Å². The normalized spacial score (nSPS) is 33.6. The molecule has 0 unspecified atom stereocenters. The number of hydrogen-bond donors (Lipinski definition) is 0. The molecule has 0 aromatic rings. The van der Waals surface area contributed by atoms with Gasteiger partial charge in [0.15, 0.2) is 0 Å². The Hall–Kier alpha value is -0.340. The number of hydrogen-bond acceptors (Lipinski definition) is 2. The molecule has 0 radical (unpaired) electrons. The lowest BCUT2D eigenvalue weighted by molar-refractivity contribution is -0.0531. The molecule has 0 saturated carbocycles. The summed E-state index contributed by atoms with van der Waals surface area (Å²) >= 11 is 0. The van der Waals surface area contributed by atoms with Gasteiger partial charge in [0, 0.05) is 13.1 Å². The van der Waals surface area contributed by atoms with Gasteiger partial charge in [0.05, 0.1) is 12.2 Å². The van der Waals surface area contributed by atoms with Crippen molar-refractivity contribution < 1.29 is 4.74 Å². The van der Waals surface area contributed by atoms with E-state index in [1.807, 2.05) is 6.08 Å². The van der Waals surface area contributed by atoms with Crippen molar-refractivity contribution >= 4 is 0 Å². The first-order valence-corrected chi connectivity index (χ1v) is 4.26. The van der Waals surface area contributed by atoms with Crippen LogP contribution in [0.3, 0.4) is 0 Å². The van der Waals surface area contributed by atoms with Gasteiger partial charge in [0.25, 0.3) is 0 Å². The van der Waals surface area contributed by atoms with Crippen molar-refractivity contribution in [3.05, 3.63) is 12.7 Å². The van der Waals surface area contributed by atoms with Crippen molar-refractivity contribution in [3.63, 3.8) is 0 Å². The summed E-state index contributed by atoms with van der Waals surface area (Å²) in [5.41, 5.74) is 0. The minimum absolute atomic E-state index is 0.235. The van der Waals surface area contributed by atoms with Crippen LogP contribution in [0.2, 0.25) is 0 Å². The predicted octanol–water partition coefficient (Wildman–Crippen LogP) is 1.28. The van der Waals surface area contributed by atoms with E-state index in [9.17, 15) is 0 Å². The molecular formula is C9H17NO. The van der Waals surface area contributed by atoms with Crippen molar-refractivity contribution in [2.45, 2.75) is 26.1 Å². The highest BCUT2D eigenvalue weighted by molar-refractivity contribution is 4.87. The second-order valence-corrected chi connectivity index (χ2v) is 3.07. The summed E-state index contributed by atoms with van der Waals surface area (Å²) in [6.07, 6.45) is 2.48. The molecule has 1 fully saturated rings. The Labute approximate surface area is 68.8 Å². The van der Waals surface area contributed by atoms with Crippen molar-refractivity contribution in [2.75, 3.05) is 19.6 Å². The van der Waals surface area contributed by atoms with Crippen molar-refractivity contribution in [2.24, 2.45) is 0 Å². The van der Waals surface area contributed by atoms with Crippen LogP contribution in [0.4, 0.5) is 0 Å². The second-order valence-electron chi connectivity index (χ2n) is 3.07. The maximum atomic E-state index is 5.61. The van der Waals surface area contributed by atoms with E-state index in [0.29, 0.717) is 6.10 Å². The van der Waals surface area contributed by atoms with Gasteiger partial charge < -0.3 is 4.74 Å². The molecule has 2 atom stereocenters. The molecule has 1 saturated heterocycles.